The maximum absolute atomic E-state index is 14.9. The van der Waals surface area contributed by atoms with E-state index in [-0.39, 0.29) is 24.6 Å². The monoisotopic (exact) mass is 387 g/mol. The summed E-state index contributed by atoms with van der Waals surface area (Å²) in [7, 11) is 0. The van der Waals surface area contributed by atoms with Crippen LogP contribution in [0.25, 0.3) is 22.0 Å². The molecule has 1 amide bonds. The summed E-state index contributed by atoms with van der Waals surface area (Å²) in [6, 6.07) is 15.1. The number of hydrogen-bond donors (Lipinski definition) is 0. The van der Waals surface area contributed by atoms with E-state index in [0.717, 1.165) is 10.9 Å². The average molecular weight is 387 g/mol. The molecule has 0 radical (unpaired) electrons. The normalized spacial score (nSPS) is 13.2. The summed E-state index contributed by atoms with van der Waals surface area (Å²) in [6.07, 6.45) is 3.28. The van der Waals surface area contributed by atoms with E-state index in [1.807, 2.05) is 24.3 Å². The molecule has 4 aromatic rings. The van der Waals surface area contributed by atoms with Gasteiger partial charge in [0, 0.05) is 23.3 Å². The zero-order valence-corrected chi connectivity index (χ0v) is 15.3. The maximum Gasteiger partial charge on any atom is 0.256 e. The Morgan fingerprint density at radius 3 is 2.41 bits per heavy atom. The number of aromatic nitrogens is 2. The summed E-state index contributed by atoms with van der Waals surface area (Å²) in [6.45, 7) is 0.0921. The van der Waals surface area contributed by atoms with Gasteiger partial charge >= 0.3 is 0 Å². The minimum absolute atomic E-state index is 0.131. The van der Waals surface area contributed by atoms with Crippen LogP contribution in [0, 0.1) is 11.6 Å². The molecule has 1 aliphatic rings. The number of nitrogens with zero attached hydrogens (tertiary/aromatic N) is 3. The molecule has 3 heterocycles. The lowest BCUT2D eigenvalue weighted by Gasteiger charge is -2.17. The van der Waals surface area contributed by atoms with Crippen molar-refractivity contribution in [2.75, 3.05) is 0 Å². The molecule has 2 aromatic carbocycles. The quantitative estimate of drug-likeness (QED) is 0.511. The van der Waals surface area contributed by atoms with Gasteiger partial charge in [-0.25, -0.2) is 8.78 Å². The molecule has 2 aromatic heterocycles. The van der Waals surface area contributed by atoms with Gasteiger partial charge in [0.1, 0.15) is 11.6 Å². The Hall–Kier alpha value is -3.67. The fraction of sp³-hybridized carbons (Fsp3) is 0.0870. The first-order valence-corrected chi connectivity index (χ1v) is 9.17. The number of carbonyl (C=O) groups is 1. The standard InChI is InChI=1S/C23H15F2N3O/c24-19-10-14(15-4-1-7-21-16(15)5-2-8-26-21)11-20(25)18(19)12-28-13-22-17(23(28)29)6-3-9-27-22/h1-11H,12-13H2. The van der Waals surface area contributed by atoms with Gasteiger partial charge in [-0.05, 0) is 47.5 Å². The summed E-state index contributed by atoms with van der Waals surface area (Å²) in [5, 5.41) is 0.817. The molecular formula is C23H15F2N3O. The average Bonchev–Trinajstić information content (AvgIpc) is 3.06. The number of benzene rings is 2. The minimum Gasteiger partial charge on any atom is -0.328 e. The molecule has 6 heteroatoms. The van der Waals surface area contributed by atoms with E-state index in [0.29, 0.717) is 22.4 Å². The molecule has 0 N–H and O–H groups in total. The van der Waals surface area contributed by atoms with Crippen LogP contribution in [0.15, 0.2) is 67.0 Å². The molecule has 5 rings (SSSR count). The second kappa shape index (κ2) is 6.74. The van der Waals surface area contributed by atoms with Crippen LogP contribution in [0.5, 0.6) is 0 Å². The van der Waals surface area contributed by atoms with E-state index in [1.165, 1.54) is 17.0 Å². The number of pyridine rings is 2. The molecule has 4 nitrogen and oxygen atoms in total. The maximum atomic E-state index is 14.9. The van der Waals surface area contributed by atoms with Crippen LogP contribution in [0.1, 0.15) is 21.6 Å². The van der Waals surface area contributed by atoms with Crippen LogP contribution in [0.4, 0.5) is 8.78 Å². The summed E-state index contributed by atoms with van der Waals surface area (Å²) >= 11 is 0. The minimum atomic E-state index is -0.683. The molecule has 0 aliphatic carbocycles. The number of amides is 1. The van der Waals surface area contributed by atoms with Crippen molar-refractivity contribution in [2.24, 2.45) is 0 Å². The summed E-state index contributed by atoms with van der Waals surface area (Å²) < 4.78 is 29.8. The van der Waals surface area contributed by atoms with Gasteiger partial charge in [-0.1, -0.05) is 18.2 Å². The van der Waals surface area contributed by atoms with E-state index in [9.17, 15) is 13.6 Å². The van der Waals surface area contributed by atoms with E-state index < -0.39 is 11.6 Å². The van der Waals surface area contributed by atoms with Crippen molar-refractivity contribution in [3.8, 4) is 11.1 Å². The van der Waals surface area contributed by atoms with Gasteiger partial charge in [-0.2, -0.15) is 0 Å². The van der Waals surface area contributed by atoms with Gasteiger partial charge in [0.05, 0.1) is 29.9 Å². The van der Waals surface area contributed by atoms with Gasteiger partial charge in [-0.3, -0.25) is 14.8 Å². The van der Waals surface area contributed by atoms with Crippen LogP contribution >= 0.6 is 0 Å². The van der Waals surface area contributed by atoms with Gasteiger partial charge < -0.3 is 4.90 Å². The molecule has 142 valence electrons. The fourth-order valence-corrected chi connectivity index (χ4v) is 3.76. The zero-order valence-electron chi connectivity index (χ0n) is 15.3. The second-order valence-corrected chi connectivity index (χ2v) is 6.95. The largest absolute Gasteiger partial charge is 0.328 e. The molecule has 0 spiro atoms. The molecule has 0 atom stereocenters. The second-order valence-electron chi connectivity index (χ2n) is 6.95. The van der Waals surface area contributed by atoms with Crippen LogP contribution in [0.3, 0.4) is 0 Å². The van der Waals surface area contributed by atoms with Crippen molar-refractivity contribution in [1.29, 1.82) is 0 Å². The smallest absolute Gasteiger partial charge is 0.256 e. The molecule has 0 bridgehead atoms. The molecule has 29 heavy (non-hydrogen) atoms. The predicted molar refractivity (Wildman–Crippen MR) is 105 cm³/mol. The Morgan fingerprint density at radius 2 is 1.62 bits per heavy atom. The molecule has 1 aliphatic heterocycles. The lowest BCUT2D eigenvalue weighted by molar-refractivity contribution is 0.0763. The highest BCUT2D eigenvalue weighted by Crippen LogP contribution is 2.31. The summed E-state index contributed by atoms with van der Waals surface area (Å²) in [5.41, 5.74) is 2.86. The van der Waals surface area contributed by atoms with Crippen LogP contribution in [-0.4, -0.2) is 20.8 Å². The third-order valence-corrected chi connectivity index (χ3v) is 5.20. The lowest BCUT2D eigenvalue weighted by atomic mass is 9.98. The highest BCUT2D eigenvalue weighted by molar-refractivity contribution is 5.97. The van der Waals surface area contributed by atoms with Crippen molar-refractivity contribution >= 4 is 16.8 Å². The Kier molecular flexibility index (Phi) is 4.05. The number of halogens is 2. The van der Waals surface area contributed by atoms with E-state index in [1.54, 1.807) is 30.6 Å². The predicted octanol–water partition coefficient (Wildman–Crippen LogP) is 4.73. The summed E-state index contributed by atoms with van der Waals surface area (Å²) in [4.78, 5) is 22.4. The van der Waals surface area contributed by atoms with Crippen LogP contribution < -0.4 is 0 Å². The van der Waals surface area contributed by atoms with E-state index >= 15 is 0 Å². The molecular weight excluding hydrogens is 372 g/mol. The fourth-order valence-electron chi connectivity index (χ4n) is 3.76. The van der Waals surface area contributed by atoms with Gasteiger partial charge in [0.15, 0.2) is 0 Å². The van der Waals surface area contributed by atoms with E-state index in [2.05, 4.69) is 9.97 Å². The van der Waals surface area contributed by atoms with Crippen LogP contribution in [0.2, 0.25) is 0 Å². The first-order valence-electron chi connectivity index (χ1n) is 9.17. The number of carbonyl (C=O) groups excluding carboxylic acids is 1. The zero-order chi connectivity index (χ0) is 20.0. The third-order valence-electron chi connectivity index (χ3n) is 5.20. The van der Waals surface area contributed by atoms with Crippen molar-refractivity contribution in [2.45, 2.75) is 13.1 Å². The number of rotatable bonds is 3. The third kappa shape index (κ3) is 2.93. The Balaban J connectivity index is 1.50. The van der Waals surface area contributed by atoms with Crippen molar-refractivity contribution in [3.63, 3.8) is 0 Å². The highest BCUT2D eigenvalue weighted by Gasteiger charge is 2.29. The first-order chi connectivity index (χ1) is 14.1. The lowest BCUT2D eigenvalue weighted by Crippen LogP contribution is -2.24. The Morgan fingerprint density at radius 1 is 0.897 bits per heavy atom. The van der Waals surface area contributed by atoms with Gasteiger partial charge in [0.2, 0.25) is 0 Å². The van der Waals surface area contributed by atoms with Gasteiger partial charge in [-0.15, -0.1) is 0 Å². The van der Waals surface area contributed by atoms with E-state index in [4.69, 9.17) is 0 Å². The first kappa shape index (κ1) is 17.4. The van der Waals surface area contributed by atoms with Crippen LogP contribution in [-0.2, 0) is 13.1 Å². The molecule has 0 saturated heterocycles. The van der Waals surface area contributed by atoms with Crippen molar-refractivity contribution in [1.82, 2.24) is 14.9 Å². The molecule has 0 fully saturated rings. The topological polar surface area (TPSA) is 46.1 Å². The van der Waals surface area contributed by atoms with Crippen molar-refractivity contribution < 1.29 is 13.6 Å². The van der Waals surface area contributed by atoms with Gasteiger partial charge in [0.25, 0.3) is 5.91 Å². The Labute approximate surface area is 165 Å². The van der Waals surface area contributed by atoms with Crippen molar-refractivity contribution in [3.05, 3.63) is 95.4 Å². The number of fused-ring (bicyclic) bond motifs is 2. The molecule has 0 saturated carbocycles. The SMILES string of the molecule is O=C1c2cccnc2CN1Cc1c(F)cc(-c2cccc3ncccc23)cc1F. The highest BCUT2D eigenvalue weighted by atomic mass is 19.1. The molecule has 0 unspecified atom stereocenters. The Bertz CT molecular complexity index is 1240. The number of hydrogen-bond acceptors (Lipinski definition) is 3. The summed E-state index contributed by atoms with van der Waals surface area (Å²) in [5.74, 6) is -1.63.